The quantitative estimate of drug-likeness (QED) is 0.783. The van der Waals surface area contributed by atoms with Crippen molar-refractivity contribution >= 4 is 11.5 Å². The molecule has 1 aliphatic heterocycles. The molecule has 0 radical (unpaired) electrons. The van der Waals surface area contributed by atoms with Crippen LogP contribution in [0.1, 0.15) is 24.2 Å². The van der Waals surface area contributed by atoms with Crippen LogP contribution < -0.4 is 4.90 Å². The van der Waals surface area contributed by atoms with Crippen LogP contribution in [0.5, 0.6) is 0 Å². The normalized spacial score (nSPS) is 23.2. The molecule has 2 rings (SSSR count). The van der Waals surface area contributed by atoms with Crippen LogP contribution in [0, 0.1) is 11.7 Å². The summed E-state index contributed by atoms with van der Waals surface area (Å²) >= 11 is 0. The van der Waals surface area contributed by atoms with Crippen molar-refractivity contribution in [3.63, 3.8) is 0 Å². The molecule has 0 N–H and O–H groups in total. The summed E-state index contributed by atoms with van der Waals surface area (Å²) in [5.74, 6) is 0.0840. The summed E-state index contributed by atoms with van der Waals surface area (Å²) in [5, 5.41) is 0. The summed E-state index contributed by atoms with van der Waals surface area (Å²) in [6.45, 7) is 5.47. The van der Waals surface area contributed by atoms with Crippen LogP contribution in [0.15, 0.2) is 18.2 Å². The second-order valence-electron chi connectivity index (χ2n) is 5.63. The molecule has 0 bridgehead atoms. The number of likely N-dealkylation sites (N-methyl/N-ethyl adjacent to an activating group) is 1. The first kappa shape index (κ1) is 14.0. The van der Waals surface area contributed by atoms with Gasteiger partial charge in [0.15, 0.2) is 5.78 Å². The van der Waals surface area contributed by atoms with Crippen molar-refractivity contribution in [2.45, 2.75) is 19.9 Å². The summed E-state index contributed by atoms with van der Waals surface area (Å²) in [5.41, 5.74) is 1.33. The number of ketones is 1. The van der Waals surface area contributed by atoms with Crippen molar-refractivity contribution in [2.24, 2.45) is 5.92 Å². The third-order valence-corrected chi connectivity index (χ3v) is 3.91. The van der Waals surface area contributed by atoms with Crippen molar-refractivity contribution < 1.29 is 9.18 Å². The number of nitrogens with zero attached hydrogens (tertiary/aromatic N) is 2. The molecule has 2 unspecified atom stereocenters. The number of carbonyl (C=O) groups excluding carboxylic acids is 1. The van der Waals surface area contributed by atoms with E-state index in [4.69, 9.17) is 0 Å². The third-order valence-electron chi connectivity index (χ3n) is 3.91. The third kappa shape index (κ3) is 2.78. The maximum absolute atomic E-state index is 13.3. The van der Waals surface area contributed by atoms with Crippen LogP contribution in [0.25, 0.3) is 0 Å². The topological polar surface area (TPSA) is 23.6 Å². The fraction of sp³-hybridized carbons (Fsp3) is 0.533. The highest BCUT2D eigenvalue weighted by Crippen LogP contribution is 2.29. The summed E-state index contributed by atoms with van der Waals surface area (Å²) < 4.78 is 13.3. The van der Waals surface area contributed by atoms with E-state index in [1.54, 1.807) is 6.07 Å². The summed E-state index contributed by atoms with van der Waals surface area (Å²) in [4.78, 5) is 16.1. The first-order valence-electron chi connectivity index (χ1n) is 6.62. The Hall–Kier alpha value is -1.42. The van der Waals surface area contributed by atoms with E-state index >= 15 is 0 Å². The van der Waals surface area contributed by atoms with Crippen LogP contribution in [-0.2, 0) is 0 Å². The Morgan fingerprint density at radius 1 is 1.37 bits per heavy atom. The molecular weight excluding hydrogens is 243 g/mol. The number of Topliss-reactive ketones (excluding diaryl/α,β-unsaturated/α-hetero) is 1. The van der Waals surface area contributed by atoms with E-state index in [0.29, 0.717) is 17.5 Å². The van der Waals surface area contributed by atoms with Crippen molar-refractivity contribution in [2.75, 3.05) is 32.1 Å². The standard InChI is InChI=1S/C15H21FN2O/c1-10-8-18(9-15(10)17(3)4)14-6-5-12(16)7-13(14)11(2)19/h5-7,10,15H,8-9H2,1-4H3. The van der Waals surface area contributed by atoms with Gasteiger partial charge < -0.3 is 9.80 Å². The van der Waals surface area contributed by atoms with Gasteiger partial charge in [0.2, 0.25) is 0 Å². The first-order chi connectivity index (χ1) is 8.90. The van der Waals surface area contributed by atoms with Gasteiger partial charge in [-0.2, -0.15) is 0 Å². The minimum absolute atomic E-state index is 0.0875. The zero-order chi connectivity index (χ0) is 14.2. The lowest BCUT2D eigenvalue weighted by molar-refractivity contribution is 0.101. The van der Waals surface area contributed by atoms with Gasteiger partial charge in [-0.1, -0.05) is 6.92 Å². The van der Waals surface area contributed by atoms with Gasteiger partial charge in [-0.3, -0.25) is 4.79 Å². The van der Waals surface area contributed by atoms with E-state index < -0.39 is 0 Å². The van der Waals surface area contributed by atoms with E-state index in [2.05, 4.69) is 30.8 Å². The molecule has 1 fully saturated rings. The van der Waals surface area contributed by atoms with Crippen LogP contribution >= 0.6 is 0 Å². The minimum atomic E-state index is -0.356. The van der Waals surface area contributed by atoms with E-state index in [-0.39, 0.29) is 11.6 Å². The lowest BCUT2D eigenvalue weighted by Crippen LogP contribution is -2.34. The molecule has 1 aliphatic rings. The van der Waals surface area contributed by atoms with E-state index in [9.17, 15) is 9.18 Å². The Bertz CT molecular complexity index is 487. The Balaban J connectivity index is 2.31. The molecule has 0 amide bonds. The lowest BCUT2D eigenvalue weighted by atomic mass is 10.1. The molecule has 19 heavy (non-hydrogen) atoms. The monoisotopic (exact) mass is 264 g/mol. The van der Waals surface area contributed by atoms with Gasteiger partial charge in [0, 0.05) is 30.4 Å². The van der Waals surface area contributed by atoms with Crippen molar-refractivity contribution in [1.29, 1.82) is 0 Å². The van der Waals surface area contributed by atoms with Gasteiger partial charge in [0.1, 0.15) is 5.82 Å². The number of anilines is 1. The van der Waals surface area contributed by atoms with E-state index in [1.165, 1.54) is 19.1 Å². The average molecular weight is 264 g/mol. The molecule has 0 saturated carbocycles. The Labute approximate surface area is 114 Å². The van der Waals surface area contributed by atoms with Gasteiger partial charge in [-0.05, 0) is 45.1 Å². The van der Waals surface area contributed by atoms with Crippen molar-refractivity contribution in [3.05, 3.63) is 29.6 Å². The number of hydrogen-bond donors (Lipinski definition) is 0. The average Bonchev–Trinajstić information content (AvgIpc) is 2.71. The summed E-state index contributed by atoms with van der Waals surface area (Å²) in [6.07, 6.45) is 0. The molecule has 0 aromatic heterocycles. The van der Waals surface area contributed by atoms with Crippen LogP contribution in [0.3, 0.4) is 0 Å². The van der Waals surface area contributed by atoms with Gasteiger partial charge in [0.05, 0.1) is 0 Å². The van der Waals surface area contributed by atoms with Gasteiger partial charge >= 0.3 is 0 Å². The Morgan fingerprint density at radius 2 is 2.05 bits per heavy atom. The Morgan fingerprint density at radius 3 is 2.58 bits per heavy atom. The number of halogens is 1. The maximum atomic E-state index is 13.3. The molecule has 1 saturated heterocycles. The minimum Gasteiger partial charge on any atom is -0.369 e. The second-order valence-corrected chi connectivity index (χ2v) is 5.63. The smallest absolute Gasteiger partial charge is 0.161 e. The van der Waals surface area contributed by atoms with E-state index in [0.717, 1.165) is 18.8 Å². The zero-order valence-corrected chi connectivity index (χ0v) is 12.0. The zero-order valence-electron chi connectivity index (χ0n) is 12.0. The lowest BCUT2D eigenvalue weighted by Gasteiger charge is -2.24. The molecule has 1 aromatic carbocycles. The Kier molecular flexibility index (Phi) is 3.90. The van der Waals surface area contributed by atoms with E-state index in [1.807, 2.05) is 0 Å². The fourth-order valence-electron chi connectivity index (χ4n) is 2.88. The molecule has 0 aliphatic carbocycles. The number of benzene rings is 1. The molecule has 2 atom stereocenters. The molecule has 3 nitrogen and oxygen atoms in total. The molecule has 4 heteroatoms. The molecular formula is C15H21FN2O. The first-order valence-corrected chi connectivity index (χ1v) is 6.62. The summed E-state index contributed by atoms with van der Waals surface area (Å²) in [7, 11) is 4.14. The molecule has 1 aromatic rings. The molecule has 1 heterocycles. The highest BCUT2D eigenvalue weighted by molar-refractivity contribution is 5.99. The van der Waals surface area contributed by atoms with Gasteiger partial charge in [0.25, 0.3) is 0 Å². The highest BCUT2D eigenvalue weighted by Gasteiger charge is 2.32. The summed E-state index contributed by atoms with van der Waals surface area (Å²) in [6, 6.07) is 4.95. The molecule has 104 valence electrons. The van der Waals surface area contributed by atoms with Gasteiger partial charge in [-0.15, -0.1) is 0 Å². The van der Waals surface area contributed by atoms with Crippen molar-refractivity contribution in [1.82, 2.24) is 4.90 Å². The second kappa shape index (κ2) is 5.29. The SMILES string of the molecule is CC(=O)c1cc(F)ccc1N1CC(C)C(N(C)C)C1. The number of carbonyl (C=O) groups is 1. The van der Waals surface area contributed by atoms with Crippen molar-refractivity contribution in [3.8, 4) is 0 Å². The number of rotatable bonds is 3. The van der Waals surface area contributed by atoms with Crippen LogP contribution in [0.2, 0.25) is 0 Å². The predicted octanol–water partition coefficient (Wildman–Crippen LogP) is 2.41. The number of hydrogen-bond acceptors (Lipinski definition) is 3. The van der Waals surface area contributed by atoms with Crippen LogP contribution in [0.4, 0.5) is 10.1 Å². The highest BCUT2D eigenvalue weighted by atomic mass is 19.1. The van der Waals surface area contributed by atoms with Gasteiger partial charge in [-0.25, -0.2) is 4.39 Å². The largest absolute Gasteiger partial charge is 0.369 e. The fourth-order valence-corrected chi connectivity index (χ4v) is 2.88. The molecule has 0 spiro atoms. The maximum Gasteiger partial charge on any atom is 0.161 e. The van der Waals surface area contributed by atoms with Crippen LogP contribution in [-0.4, -0.2) is 43.9 Å². The predicted molar refractivity (Wildman–Crippen MR) is 75.3 cm³/mol.